The van der Waals surface area contributed by atoms with Gasteiger partial charge in [-0.05, 0) is 36.2 Å². The molecule has 1 aliphatic heterocycles. The number of aliphatic carboxylic acids is 1. The number of amides is 2. The Kier molecular flexibility index (Phi) is 8.92. The monoisotopic (exact) mass is 590 g/mol. The smallest absolute Gasteiger partial charge is 0.480 e. The minimum Gasteiger partial charge on any atom is -0.480 e. The van der Waals surface area contributed by atoms with E-state index >= 15 is 0 Å². The third kappa shape index (κ3) is 7.43. The zero-order chi connectivity index (χ0) is 29.8. The molecule has 1 aliphatic rings. The maximum absolute atomic E-state index is 14.2. The Morgan fingerprint density at radius 1 is 1.18 bits per heavy atom. The number of rotatable bonds is 7. The summed E-state index contributed by atoms with van der Waals surface area (Å²) in [6, 6.07) is 1.96. The van der Waals surface area contributed by atoms with E-state index in [9.17, 15) is 46.6 Å². The minimum atomic E-state index is -5.45. The molecule has 0 bridgehead atoms. The summed E-state index contributed by atoms with van der Waals surface area (Å²) in [7, 11) is 0. The second-order valence-corrected chi connectivity index (χ2v) is 9.18. The first-order chi connectivity index (χ1) is 18.6. The molecule has 0 aliphatic carbocycles. The van der Waals surface area contributed by atoms with Crippen molar-refractivity contribution in [1.29, 1.82) is 5.41 Å². The highest BCUT2D eigenvalue weighted by Crippen LogP contribution is 2.30. The number of carbonyl (C=O) groups is 5. The summed E-state index contributed by atoms with van der Waals surface area (Å²) in [6.07, 6.45) is -6.38. The number of fused-ring (bicyclic) bond motifs is 1. The van der Waals surface area contributed by atoms with E-state index < -0.39 is 60.1 Å². The van der Waals surface area contributed by atoms with E-state index in [1.54, 1.807) is 0 Å². The van der Waals surface area contributed by atoms with Crippen LogP contribution in [0.1, 0.15) is 32.1 Å². The lowest BCUT2D eigenvalue weighted by Gasteiger charge is -2.28. The van der Waals surface area contributed by atoms with Gasteiger partial charge < -0.3 is 25.8 Å². The molecule has 214 valence electrons. The fourth-order valence-electron chi connectivity index (χ4n) is 3.27. The highest BCUT2D eigenvalue weighted by atomic mass is 32.1. The molecule has 18 heteroatoms. The van der Waals surface area contributed by atoms with Gasteiger partial charge in [-0.3, -0.25) is 5.41 Å². The average Bonchev–Trinajstić information content (AvgIpc) is 3.31. The van der Waals surface area contributed by atoms with E-state index in [-0.39, 0.29) is 35.8 Å². The van der Waals surface area contributed by atoms with Crippen molar-refractivity contribution in [1.82, 2.24) is 10.2 Å². The van der Waals surface area contributed by atoms with Crippen molar-refractivity contribution < 1.29 is 61.2 Å². The first-order valence-electron chi connectivity index (χ1n) is 10.9. The molecule has 0 saturated heterocycles. The standard InChI is InChI=1S/C22H18F4N4O9S/c23-11-5-10(17(27)28)1-2-13(11)37-19(34)14-6-9-3-4-30(8-15(9)40-14)21(36)29-12(18(32)33)7-16(31)38-39-20(35)22(24,25)26/h1-2,5-6,12H,3-4,7-8H2,(H3,27,28)(H,29,36)(H,32,33)/t12-/m0/s1. The lowest BCUT2D eigenvalue weighted by Crippen LogP contribution is -2.49. The lowest BCUT2D eigenvalue weighted by atomic mass is 10.1. The summed E-state index contributed by atoms with van der Waals surface area (Å²) in [6.45, 7) is -0.0219. The predicted molar refractivity (Wildman–Crippen MR) is 124 cm³/mol. The number of thiophene rings is 1. The number of hydrogen-bond donors (Lipinski definition) is 4. The molecule has 5 N–H and O–H groups in total. The Morgan fingerprint density at radius 2 is 1.88 bits per heavy atom. The lowest BCUT2D eigenvalue weighted by molar-refractivity contribution is -0.286. The van der Waals surface area contributed by atoms with Crippen LogP contribution in [0.3, 0.4) is 0 Å². The van der Waals surface area contributed by atoms with Crippen molar-refractivity contribution in [2.45, 2.75) is 31.6 Å². The fraction of sp³-hybridized carbons (Fsp3) is 0.273. The van der Waals surface area contributed by atoms with E-state index in [1.807, 2.05) is 5.32 Å². The molecule has 1 aromatic heterocycles. The number of nitrogen functional groups attached to an aromatic ring is 1. The molecular weight excluding hydrogens is 572 g/mol. The Bertz CT molecular complexity index is 1380. The summed E-state index contributed by atoms with van der Waals surface area (Å²) in [5.74, 6) is -8.81. The number of amidine groups is 1. The molecule has 2 aromatic rings. The fourth-order valence-corrected chi connectivity index (χ4v) is 4.37. The van der Waals surface area contributed by atoms with Gasteiger partial charge in [0.25, 0.3) is 0 Å². The van der Waals surface area contributed by atoms with Crippen molar-refractivity contribution in [2.75, 3.05) is 6.54 Å². The molecule has 0 unspecified atom stereocenters. The molecule has 0 saturated carbocycles. The van der Waals surface area contributed by atoms with E-state index in [0.717, 1.165) is 28.4 Å². The molecule has 1 atom stereocenters. The van der Waals surface area contributed by atoms with Gasteiger partial charge in [0.15, 0.2) is 11.6 Å². The van der Waals surface area contributed by atoms with E-state index in [0.29, 0.717) is 10.4 Å². The zero-order valence-electron chi connectivity index (χ0n) is 19.9. The van der Waals surface area contributed by atoms with Crippen molar-refractivity contribution in [3.63, 3.8) is 0 Å². The Balaban J connectivity index is 1.59. The van der Waals surface area contributed by atoms with Crippen molar-refractivity contribution in [3.05, 3.63) is 51.0 Å². The summed E-state index contributed by atoms with van der Waals surface area (Å²) < 4.78 is 55.6. The van der Waals surface area contributed by atoms with Gasteiger partial charge in [0, 0.05) is 17.0 Å². The van der Waals surface area contributed by atoms with Crippen LogP contribution in [0.5, 0.6) is 5.75 Å². The number of halogens is 4. The Morgan fingerprint density at radius 3 is 2.48 bits per heavy atom. The van der Waals surface area contributed by atoms with Crippen molar-refractivity contribution >= 4 is 47.1 Å². The summed E-state index contributed by atoms with van der Waals surface area (Å²) in [4.78, 5) is 67.5. The molecule has 0 radical (unpaired) electrons. The van der Waals surface area contributed by atoms with Gasteiger partial charge in [0.2, 0.25) is 0 Å². The highest BCUT2D eigenvalue weighted by Gasteiger charge is 2.43. The molecule has 2 amide bonds. The van der Waals surface area contributed by atoms with Crippen molar-refractivity contribution in [3.8, 4) is 5.75 Å². The first-order valence-corrected chi connectivity index (χ1v) is 11.7. The number of carbonyl (C=O) groups excluding carboxylic acids is 4. The van der Waals surface area contributed by atoms with Crippen LogP contribution in [0.15, 0.2) is 24.3 Å². The van der Waals surface area contributed by atoms with E-state index in [2.05, 4.69) is 9.78 Å². The minimum absolute atomic E-state index is 0.0607. The maximum Gasteiger partial charge on any atom is 0.495 e. The number of nitrogens with zero attached hydrogens (tertiary/aromatic N) is 1. The number of ether oxygens (including phenoxy) is 1. The molecule has 2 heterocycles. The summed E-state index contributed by atoms with van der Waals surface area (Å²) in [5.41, 5.74) is 6.06. The highest BCUT2D eigenvalue weighted by molar-refractivity contribution is 7.14. The summed E-state index contributed by atoms with van der Waals surface area (Å²) in [5, 5.41) is 18.6. The Hall–Kier alpha value is -4.74. The van der Waals surface area contributed by atoms with Gasteiger partial charge >= 0.3 is 36.1 Å². The normalized spacial score (nSPS) is 13.4. The SMILES string of the molecule is N=C(N)c1ccc(OC(=O)c2cc3c(s2)CN(C(=O)N[C@@H](CC(=O)OOC(=O)C(F)(F)F)C(=O)O)CC3)c(F)c1. The summed E-state index contributed by atoms with van der Waals surface area (Å²) >= 11 is 0.941. The largest absolute Gasteiger partial charge is 0.495 e. The van der Waals surface area contributed by atoms with Crippen LogP contribution in [0.4, 0.5) is 22.4 Å². The number of urea groups is 1. The second kappa shape index (κ2) is 12.0. The predicted octanol–water partition coefficient (Wildman–Crippen LogP) is 1.87. The molecular formula is C22H18F4N4O9S. The van der Waals surface area contributed by atoms with Gasteiger partial charge in [-0.15, -0.1) is 11.3 Å². The topological polar surface area (TPSA) is 198 Å². The average molecular weight is 590 g/mol. The molecule has 0 fully saturated rings. The number of nitrogens with two attached hydrogens (primary N) is 1. The number of alkyl halides is 3. The second-order valence-electron chi connectivity index (χ2n) is 8.05. The quantitative estimate of drug-likeness (QED) is 0.0702. The van der Waals surface area contributed by atoms with Crippen LogP contribution >= 0.6 is 11.3 Å². The van der Waals surface area contributed by atoms with Gasteiger partial charge in [0.05, 0.1) is 13.0 Å². The number of carboxylic acid groups (broad SMARTS) is 1. The van der Waals surface area contributed by atoms with Gasteiger partial charge in [-0.1, -0.05) is 0 Å². The van der Waals surface area contributed by atoms with E-state index in [4.69, 9.17) is 15.9 Å². The van der Waals surface area contributed by atoms with Crippen LogP contribution in [-0.2, 0) is 37.1 Å². The van der Waals surface area contributed by atoms with Crippen LogP contribution in [-0.4, -0.2) is 64.5 Å². The number of carboxylic acids is 1. The number of nitrogens with one attached hydrogen (secondary N) is 2. The van der Waals surface area contributed by atoms with Crippen LogP contribution in [0.25, 0.3) is 0 Å². The number of benzene rings is 1. The van der Waals surface area contributed by atoms with Crippen molar-refractivity contribution in [2.24, 2.45) is 5.73 Å². The third-order valence-electron chi connectivity index (χ3n) is 5.22. The number of hydrogen-bond acceptors (Lipinski definition) is 10. The molecule has 3 rings (SSSR count). The van der Waals surface area contributed by atoms with Crippen LogP contribution in [0, 0.1) is 11.2 Å². The van der Waals surface area contributed by atoms with Crippen LogP contribution in [0.2, 0.25) is 0 Å². The van der Waals surface area contributed by atoms with Crippen LogP contribution < -0.4 is 15.8 Å². The molecule has 1 aromatic carbocycles. The van der Waals surface area contributed by atoms with Gasteiger partial charge in [-0.25, -0.2) is 38.1 Å². The first kappa shape index (κ1) is 29.8. The maximum atomic E-state index is 14.2. The molecule has 40 heavy (non-hydrogen) atoms. The molecule has 13 nitrogen and oxygen atoms in total. The zero-order valence-corrected chi connectivity index (χ0v) is 20.7. The number of esters is 1. The van der Waals surface area contributed by atoms with Gasteiger partial charge in [0.1, 0.15) is 16.8 Å². The Labute approximate surface area is 224 Å². The van der Waals surface area contributed by atoms with E-state index in [1.165, 1.54) is 12.1 Å². The van der Waals surface area contributed by atoms with Gasteiger partial charge in [-0.2, -0.15) is 13.2 Å². The molecule has 0 spiro atoms. The third-order valence-corrected chi connectivity index (χ3v) is 6.37.